The molecule has 2 saturated carbocycles. The van der Waals surface area contributed by atoms with Gasteiger partial charge >= 0.3 is 24.4 Å². The summed E-state index contributed by atoms with van der Waals surface area (Å²) in [6.45, 7) is 23.7. The predicted molar refractivity (Wildman–Crippen MR) is 239 cm³/mol. The number of rotatable bonds is 30. The maximum atomic E-state index is 12.5. The molecule has 0 spiro atoms. The van der Waals surface area contributed by atoms with Gasteiger partial charge in [-0.15, -0.1) is 0 Å². The highest BCUT2D eigenvalue weighted by Crippen LogP contribution is 2.47. The highest BCUT2D eigenvalue weighted by molar-refractivity contribution is 5.68. The molecule has 14 nitrogen and oxygen atoms in total. The summed E-state index contributed by atoms with van der Waals surface area (Å²) >= 11 is 0. The van der Waals surface area contributed by atoms with Gasteiger partial charge in [-0.25, -0.2) is 19.2 Å². The van der Waals surface area contributed by atoms with Crippen molar-refractivity contribution in [3.05, 3.63) is 25.7 Å². The van der Waals surface area contributed by atoms with Gasteiger partial charge in [0.05, 0.1) is 52.2 Å². The van der Waals surface area contributed by atoms with Gasteiger partial charge in [-0.2, -0.15) is 0 Å². The van der Waals surface area contributed by atoms with E-state index in [4.69, 9.17) is 28.4 Å². The van der Waals surface area contributed by atoms with Crippen LogP contribution in [0.4, 0.5) is 19.2 Å². The standard InChI is InChI=1S/C47H84N4O10/c1-9-56-24-20-22-28-60-42(54)50-38-30-44(3,4)34-46(7,32-38)36-48-40(52)58-26-18-16-14-12-11-13-15-17-19-27-59-41(53)49-37-47(8)33-39(31-45(5,6)35-47)51-43(55)61-29-23-21-25-57-10-2/h9-10,38-39H,1-2,11-37H2,3-8H3,(H,48,52)(H,49,53)(H,50,54)(H,51,55). The van der Waals surface area contributed by atoms with Crippen molar-refractivity contribution >= 4 is 24.4 Å². The minimum atomic E-state index is -0.401. The third-order valence-corrected chi connectivity index (χ3v) is 11.6. The summed E-state index contributed by atoms with van der Waals surface area (Å²) < 4.78 is 31.9. The van der Waals surface area contributed by atoms with E-state index >= 15 is 0 Å². The average molecular weight is 865 g/mol. The highest BCUT2D eigenvalue weighted by atomic mass is 16.6. The van der Waals surface area contributed by atoms with E-state index in [1.54, 1.807) is 0 Å². The van der Waals surface area contributed by atoms with Crippen LogP contribution in [0.3, 0.4) is 0 Å². The summed E-state index contributed by atoms with van der Waals surface area (Å²) in [5.41, 5.74) is -0.348. The molecular formula is C47H84N4O10. The van der Waals surface area contributed by atoms with E-state index in [1.807, 2.05) is 0 Å². The Labute approximate surface area is 368 Å². The zero-order valence-corrected chi connectivity index (χ0v) is 38.9. The second-order valence-electron chi connectivity index (χ2n) is 19.7. The summed E-state index contributed by atoms with van der Waals surface area (Å²) in [4.78, 5) is 49.9. The maximum Gasteiger partial charge on any atom is 0.407 e. The second kappa shape index (κ2) is 28.7. The Balaban J connectivity index is 1.48. The molecule has 2 rings (SSSR count). The number of unbranched alkanes of at least 4 members (excludes halogenated alkanes) is 10. The number of alkyl carbamates (subject to hydrolysis) is 4. The molecule has 0 radical (unpaired) electrons. The van der Waals surface area contributed by atoms with Gasteiger partial charge in [0.1, 0.15) is 0 Å². The van der Waals surface area contributed by atoms with Gasteiger partial charge in [0.15, 0.2) is 0 Å². The smallest absolute Gasteiger partial charge is 0.407 e. The van der Waals surface area contributed by atoms with Crippen molar-refractivity contribution < 1.29 is 47.6 Å². The Morgan fingerprint density at radius 1 is 0.459 bits per heavy atom. The lowest BCUT2D eigenvalue weighted by molar-refractivity contribution is 0.0616. The fourth-order valence-electron chi connectivity index (χ4n) is 9.67. The third kappa shape index (κ3) is 25.6. The lowest BCUT2D eigenvalue weighted by Gasteiger charge is -2.46. The number of carbonyl (C=O) groups excluding carboxylic acids is 4. The van der Waals surface area contributed by atoms with Crippen LogP contribution in [0.5, 0.6) is 0 Å². The van der Waals surface area contributed by atoms with Crippen molar-refractivity contribution in [2.75, 3.05) is 52.7 Å². The summed E-state index contributed by atoms with van der Waals surface area (Å²) in [5, 5.41) is 12.0. The van der Waals surface area contributed by atoms with Crippen molar-refractivity contribution in [1.82, 2.24) is 21.3 Å². The summed E-state index contributed by atoms with van der Waals surface area (Å²) in [6, 6.07) is -0.0645. The van der Waals surface area contributed by atoms with Crippen molar-refractivity contribution in [2.24, 2.45) is 21.7 Å². The van der Waals surface area contributed by atoms with Crippen molar-refractivity contribution in [1.29, 1.82) is 0 Å². The van der Waals surface area contributed by atoms with Crippen LogP contribution in [-0.2, 0) is 28.4 Å². The molecule has 4 N–H and O–H groups in total. The first-order chi connectivity index (χ1) is 29.0. The SMILES string of the molecule is C=COCCCCOC(=O)NC1CC(C)(C)CC(C)(CNC(=O)OCCCCCCCCCCCOC(=O)NCC2(C)CC(NC(=O)OCCCCOC=C)CC(C)(C)C2)C1. The zero-order valence-electron chi connectivity index (χ0n) is 38.9. The van der Waals surface area contributed by atoms with Crippen LogP contribution >= 0.6 is 0 Å². The van der Waals surface area contributed by atoms with E-state index < -0.39 is 24.4 Å². The lowest BCUT2D eigenvalue weighted by atomic mass is 9.62. The third-order valence-electron chi connectivity index (χ3n) is 11.6. The maximum absolute atomic E-state index is 12.5. The van der Waals surface area contributed by atoms with Crippen LogP contribution in [0, 0.1) is 21.7 Å². The summed E-state index contributed by atoms with van der Waals surface area (Å²) in [6.07, 6.45) is 18.7. The molecule has 0 aromatic carbocycles. The number of hydrogen-bond acceptors (Lipinski definition) is 10. The molecule has 4 unspecified atom stereocenters. The number of ether oxygens (including phenoxy) is 6. The van der Waals surface area contributed by atoms with Gasteiger partial charge in [-0.05, 0) is 98.7 Å². The highest BCUT2D eigenvalue weighted by Gasteiger charge is 2.43. The molecule has 0 aromatic rings. The van der Waals surface area contributed by atoms with Gasteiger partial charge in [0.2, 0.25) is 0 Å². The van der Waals surface area contributed by atoms with Crippen molar-refractivity contribution in [2.45, 2.75) is 176 Å². The van der Waals surface area contributed by atoms with Gasteiger partial charge in [-0.3, -0.25) is 0 Å². The quantitative estimate of drug-likeness (QED) is 0.0309. The van der Waals surface area contributed by atoms with E-state index in [0.29, 0.717) is 52.7 Å². The van der Waals surface area contributed by atoms with Crippen LogP contribution in [0.15, 0.2) is 25.7 Å². The van der Waals surface area contributed by atoms with Crippen LogP contribution in [0.25, 0.3) is 0 Å². The largest absolute Gasteiger partial charge is 0.502 e. The molecule has 0 saturated heterocycles. The molecule has 0 aliphatic heterocycles. The van der Waals surface area contributed by atoms with E-state index in [9.17, 15) is 19.2 Å². The fraction of sp³-hybridized carbons (Fsp3) is 0.830. The number of carbonyl (C=O) groups is 4. The lowest BCUT2D eigenvalue weighted by Crippen LogP contribution is -2.50. The summed E-state index contributed by atoms with van der Waals surface area (Å²) in [5.74, 6) is 0. The first kappa shape index (κ1) is 53.3. The van der Waals surface area contributed by atoms with Gasteiger partial charge in [0.25, 0.3) is 0 Å². The minimum Gasteiger partial charge on any atom is -0.502 e. The monoisotopic (exact) mass is 865 g/mol. The Hall–Kier alpha value is -3.84. The number of nitrogens with one attached hydrogen (secondary N) is 4. The first-order valence-corrected chi connectivity index (χ1v) is 23.1. The van der Waals surface area contributed by atoms with Crippen LogP contribution in [0.1, 0.15) is 164 Å². The van der Waals surface area contributed by atoms with Crippen LogP contribution in [-0.4, -0.2) is 89.2 Å². The Kier molecular flexibility index (Phi) is 25.1. The average Bonchev–Trinajstić information content (AvgIpc) is 3.16. The van der Waals surface area contributed by atoms with E-state index in [1.165, 1.54) is 12.5 Å². The fourth-order valence-corrected chi connectivity index (χ4v) is 9.67. The van der Waals surface area contributed by atoms with Crippen molar-refractivity contribution in [3.63, 3.8) is 0 Å². The second-order valence-corrected chi connectivity index (χ2v) is 19.7. The molecule has 61 heavy (non-hydrogen) atoms. The molecule has 4 atom stereocenters. The van der Waals surface area contributed by atoms with Gasteiger partial charge < -0.3 is 49.7 Å². The molecule has 0 heterocycles. The Morgan fingerprint density at radius 3 is 1.10 bits per heavy atom. The van der Waals surface area contributed by atoms with Crippen LogP contribution < -0.4 is 21.3 Å². The molecule has 0 bridgehead atoms. The summed E-state index contributed by atoms with van der Waals surface area (Å²) in [7, 11) is 0. The molecule has 2 fully saturated rings. The van der Waals surface area contributed by atoms with Crippen LogP contribution in [0.2, 0.25) is 0 Å². The minimum absolute atomic E-state index is 0.00583. The van der Waals surface area contributed by atoms with E-state index in [2.05, 4.69) is 76.0 Å². The molecule has 2 aliphatic carbocycles. The van der Waals surface area contributed by atoms with Gasteiger partial charge in [-0.1, -0.05) is 99.6 Å². The Bertz CT molecular complexity index is 1220. The first-order valence-electron chi connectivity index (χ1n) is 23.1. The molecule has 0 aromatic heterocycles. The zero-order chi connectivity index (χ0) is 45.0. The Morgan fingerprint density at radius 2 is 0.754 bits per heavy atom. The van der Waals surface area contributed by atoms with Gasteiger partial charge in [0, 0.05) is 25.2 Å². The van der Waals surface area contributed by atoms with E-state index in [0.717, 1.165) is 122 Å². The topological polar surface area (TPSA) is 172 Å². The normalized spacial score (nSPS) is 22.7. The molecule has 352 valence electrons. The molecule has 4 amide bonds. The number of amides is 4. The van der Waals surface area contributed by atoms with E-state index in [-0.39, 0.29) is 33.7 Å². The number of hydrogen-bond donors (Lipinski definition) is 4. The molecule has 14 heteroatoms. The molecular weight excluding hydrogens is 781 g/mol. The molecule has 2 aliphatic rings. The van der Waals surface area contributed by atoms with Crippen molar-refractivity contribution in [3.8, 4) is 0 Å². The predicted octanol–water partition coefficient (Wildman–Crippen LogP) is 10.5.